The summed E-state index contributed by atoms with van der Waals surface area (Å²) in [4.78, 5) is 25.6. The van der Waals surface area contributed by atoms with E-state index in [1.54, 1.807) is 6.08 Å². The summed E-state index contributed by atoms with van der Waals surface area (Å²) < 4.78 is 23.4. The van der Waals surface area contributed by atoms with E-state index < -0.39 is 20.0 Å². The summed E-state index contributed by atoms with van der Waals surface area (Å²) in [5, 5.41) is 13.9. The number of carbonyl (C=O) groups is 1. The number of hydrogen-bond donors (Lipinski definition) is 2. The van der Waals surface area contributed by atoms with Crippen LogP contribution in [0.2, 0.25) is 0 Å². The van der Waals surface area contributed by atoms with Gasteiger partial charge in [0.05, 0.1) is 39.9 Å². The van der Waals surface area contributed by atoms with Gasteiger partial charge < -0.3 is 28.8 Å². The van der Waals surface area contributed by atoms with Crippen LogP contribution in [0, 0.1) is 0 Å². The molecule has 0 radical (unpaired) electrons. The number of phosphoric acid groups is 1. The van der Waals surface area contributed by atoms with Gasteiger partial charge in [-0.05, 0) is 32.1 Å². The van der Waals surface area contributed by atoms with Crippen molar-refractivity contribution in [2.75, 3.05) is 40.9 Å². The van der Waals surface area contributed by atoms with Crippen LogP contribution < -0.4 is 10.2 Å². The quantitative estimate of drug-likeness (QED) is 0.0272. The Bertz CT molecular complexity index is 1350. The normalized spacial score (nSPS) is 13.7. The van der Waals surface area contributed by atoms with Crippen molar-refractivity contribution < 1.29 is 32.9 Å². The van der Waals surface area contributed by atoms with E-state index in [4.69, 9.17) is 9.05 Å². The lowest BCUT2D eigenvalue weighted by Gasteiger charge is -2.29. The van der Waals surface area contributed by atoms with Crippen LogP contribution in [0.3, 0.4) is 0 Å². The van der Waals surface area contributed by atoms with E-state index in [-0.39, 0.29) is 19.1 Å². The molecular formula is C71H141N2O6P. The van der Waals surface area contributed by atoms with Crippen molar-refractivity contribution in [3.63, 3.8) is 0 Å². The Kier molecular flexibility index (Phi) is 61.7. The molecule has 2 N–H and O–H groups in total. The monoisotopic (exact) mass is 1150 g/mol. The van der Waals surface area contributed by atoms with Crippen LogP contribution in [-0.4, -0.2) is 68.5 Å². The van der Waals surface area contributed by atoms with Crippen LogP contribution in [0.25, 0.3) is 0 Å². The summed E-state index contributed by atoms with van der Waals surface area (Å²) in [6, 6.07) is -0.901. The van der Waals surface area contributed by atoms with E-state index in [9.17, 15) is 19.4 Å². The van der Waals surface area contributed by atoms with Crippen molar-refractivity contribution in [1.29, 1.82) is 0 Å². The number of aliphatic hydroxyl groups excluding tert-OH is 1. The van der Waals surface area contributed by atoms with E-state index in [2.05, 4.69) is 31.3 Å². The van der Waals surface area contributed by atoms with Crippen LogP contribution in [-0.2, 0) is 18.4 Å². The number of rotatable bonds is 67. The molecule has 0 bridgehead atoms. The predicted molar refractivity (Wildman–Crippen MR) is 349 cm³/mol. The van der Waals surface area contributed by atoms with Gasteiger partial charge in [-0.15, -0.1) is 0 Å². The average Bonchev–Trinajstić information content (AvgIpc) is 3.42. The van der Waals surface area contributed by atoms with Gasteiger partial charge in [0, 0.05) is 6.42 Å². The van der Waals surface area contributed by atoms with Crippen LogP contribution in [0.4, 0.5) is 0 Å². The van der Waals surface area contributed by atoms with Gasteiger partial charge in [0.1, 0.15) is 13.2 Å². The number of aliphatic hydroxyl groups is 1. The smallest absolute Gasteiger partial charge is 0.268 e. The molecule has 3 atom stereocenters. The molecule has 0 aromatic heterocycles. The molecule has 0 fully saturated rings. The molecule has 0 aliphatic rings. The number of hydrogen-bond acceptors (Lipinski definition) is 6. The van der Waals surface area contributed by atoms with Crippen LogP contribution in [0.5, 0.6) is 0 Å². The highest BCUT2D eigenvalue weighted by atomic mass is 31.2. The number of unbranched alkanes of at least 4 members (excludes halogenated alkanes) is 52. The zero-order chi connectivity index (χ0) is 58.4. The first kappa shape index (κ1) is 79.0. The van der Waals surface area contributed by atoms with Gasteiger partial charge >= 0.3 is 0 Å². The second-order valence-electron chi connectivity index (χ2n) is 25.9. The van der Waals surface area contributed by atoms with E-state index in [0.717, 1.165) is 38.5 Å². The maximum atomic E-state index is 13.0. The molecule has 0 aromatic carbocycles. The Morgan fingerprint density at radius 1 is 0.425 bits per heavy atom. The van der Waals surface area contributed by atoms with Crippen LogP contribution >= 0.6 is 7.82 Å². The third-order valence-electron chi connectivity index (χ3n) is 16.7. The third-order valence-corrected chi connectivity index (χ3v) is 17.6. The lowest BCUT2D eigenvalue weighted by atomic mass is 10.0. The van der Waals surface area contributed by atoms with Gasteiger partial charge in [-0.3, -0.25) is 9.36 Å². The first-order valence-corrected chi connectivity index (χ1v) is 37.2. The second-order valence-corrected chi connectivity index (χ2v) is 27.4. The predicted octanol–water partition coefficient (Wildman–Crippen LogP) is 22.0. The topological polar surface area (TPSA) is 108 Å². The highest BCUT2D eigenvalue weighted by Crippen LogP contribution is 2.38. The second kappa shape index (κ2) is 62.5. The van der Waals surface area contributed by atoms with Crippen molar-refractivity contribution in [2.45, 2.75) is 386 Å². The zero-order valence-corrected chi connectivity index (χ0v) is 55.5. The van der Waals surface area contributed by atoms with Crippen LogP contribution in [0.15, 0.2) is 24.3 Å². The summed E-state index contributed by atoms with van der Waals surface area (Å²) in [6.07, 6.45) is 81.8. The van der Waals surface area contributed by atoms with E-state index >= 15 is 0 Å². The first-order chi connectivity index (χ1) is 39.0. The van der Waals surface area contributed by atoms with Crippen molar-refractivity contribution in [3.8, 4) is 0 Å². The van der Waals surface area contributed by atoms with Crippen molar-refractivity contribution in [1.82, 2.24) is 5.32 Å². The zero-order valence-electron chi connectivity index (χ0n) is 54.6. The van der Waals surface area contributed by atoms with Crippen molar-refractivity contribution in [3.05, 3.63) is 24.3 Å². The highest BCUT2D eigenvalue weighted by molar-refractivity contribution is 7.45. The summed E-state index contributed by atoms with van der Waals surface area (Å²) in [5.41, 5.74) is 0. The largest absolute Gasteiger partial charge is 0.756 e. The summed E-state index contributed by atoms with van der Waals surface area (Å²) >= 11 is 0. The van der Waals surface area contributed by atoms with Gasteiger partial charge in [-0.1, -0.05) is 359 Å². The van der Waals surface area contributed by atoms with Gasteiger partial charge in [-0.25, -0.2) is 0 Å². The standard InChI is InChI=1S/C71H141N2O6P/c1-6-8-10-12-14-16-18-20-22-24-26-28-29-30-31-32-33-34-35-36-37-38-39-40-41-42-43-45-47-49-51-53-55-57-59-61-63-65-71(75)72-69(68-79-80(76,77)78-67-66-73(3,4)5)70(74)64-62-60-58-56-54-52-50-48-46-44-27-25-23-21-19-17-15-13-11-9-7-2/h54,56,62,64,69-70,74H,6-53,55,57-61,63,65-68H2,1-5H3,(H-,72,75,76,77)/b56-54+,64-62+. The Morgan fingerprint density at radius 3 is 1.01 bits per heavy atom. The number of nitrogens with zero attached hydrogens (tertiary/aromatic N) is 1. The molecule has 0 saturated carbocycles. The van der Waals surface area contributed by atoms with Gasteiger partial charge in [0.15, 0.2) is 0 Å². The fourth-order valence-electron chi connectivity index (χ4n) is 11.1. The van der Waals surface area contributed by atoms with E-state index in [0.29, 0.717) is 17.4 Å². The van der Waals surface area contributed by atoms with Crippen LogP contribution in [0.1, 0.15) is 373 Å². The molecule has 0 aliphatic heterocycles. The third kappa shape index (κ3) is 64.5. The highest BCUT2D eigenvalue weighted by Gasteiger charge is 2.23. The molecule has 0 saturated heterocycles. The maximum Gasteiger partial charge on any atom is 0.268 e. The number of carbonyl (C=O) groups excluding carboxylic acids is 1. The molecular weight excluding hydrogens is 1010 g/mol. The molecule has 0 heterocycles. The summed E-state index contributed by atoms with van der Waals surface area (Å²) in [7, 11) is 1.26. The molecule has 8 nitrogen and oxygen atoms in total. The molecule has 3 unspecified atom stereocenters. The Labute approximate surface area is 500 Å². The Hall–Kier alpha value is -1.02. The molecule has 9 heteroatoms. The van der Waals surface area contributed by atoms with E-state index in [1.807, 2.05) is 27.2 Å². The van der Waals surface area contributed by atoms with Gasteiger partial charge in [0.25, 0.3) is 7.82 Å². The number of nitrogens with one attached hydrogen (secondary N) is 1. The summed E-state index contributed by atoms with van der Waals surface area (Å²) in [6.45, 7) is 4.69. The maximum absolute atomic E-state index is 13.0. The number of amides is 1. The molecule has 0 rings (SSSR count). The number of phosphoric ester groups is 1. The molecule has 80 heavy (non-hydrogen) atoms. The number of allylic oxidation sites excluding steroid dienone is 3. The minimum atomic E-state index is -4.61. The lowest BCUT2D eigenvalue weighted by molar-refractivity contribution is -0.870. The first-order valence-electron chi connectivity index (χ1n) is 35.7. The number of likely N-dealkylation sites (N-methyl/N-ethyl adjacent to an activating group) is 1. The van der Waals surface area contributed by atoms with Crippen molar-refractivity contribution >= 4 is 13.7 Å². The summed E-state index contributed by atoms with van der Waals surface area (Å²) in [5.74, 6) is -0.198. The fourth-order valence-corrected chi connectivity index (χ4v) is 11.8. The Balaban J connectivity index is 3.96. The SMILES string of the molecule is CCCCCCCCCCCCCCCCC/C=C/CC/C=C/C(O)C(COP(=O)([O-])OCC[N+](C)(C)C)NC(=O)CCCCCCCCCCCCCCCCCCCCCCCCCCCCCCCCCCCCCCC. The van der Waals surface area contributed by atoms with Crippen molar-refractivity contribution in [2.24, 2.45) is 0 Å². The molecule has 1 amide bonds. The molecule has 0 aliphatic carbocycles. The molecule has 0 aromatic rings. The average molecular weight is 1150 g/mol. The lowest BCUT2D eigenvalue weighted by Crippen LogP contribution is -2.45. The minimum Gasteiger partial charge on any atom is -0.756 e. The molecule has 476 valence electrons. The minimum absolute atomic E-state index is 0.00348. The number of quaternary nitrogens is 1. The Morgan fingerprint density at radius 2 is 0.700 bits per heavy atom. The fraction of sp³-hybridized carbons (Fsp3) is 0.930. The van der Waals surface area contributed by atoms with Gasteiger partial charge in [-0.2, -0.15) is 0 Å². The van der Waals surface area contributed by atoms with E-state index in [1.165, 1.54) is 315 Å². The van der Waals surface area contributed by atoms with Gasteiger partial charge in [0.2, 0.25) is 5.91 Å². The molecule has 0 spiro atoms.